The van der Waals surface area contributed by atoms with Crippen molar-refractivity contribution in [2.45, 2.75) is 26.2 Å². The fourth-order valence-corrected chi connectivity index (χ4v) is 2.42. The number of Topliss-reactive ketones (excluding diaryl/α,β-unsaturated/α-hetero) is 1. The second kappa shape index (κ2) is 11.6. The zero-order valence-electron chi connectivity index (χ0n) is 15.6. The largest absolute Gasteiger partial charge is 1.00 e. The van der Waals surface area contributed by atoms with Crippen LogP contribution in [0.3, 0.4) is 0 Å². The first-order valence-corrected chi connectivity index (χ1v) is 8.34. The summed E-state index contributed by atoms with van der Waals surface area (Å²) in [5.74, 6) is -0.373. The van der Waals surface area contributed by atoms with Crippen molar-refractivity contribution in [2.24, 2.45) is 0 Å². The Morgan fingerprint density at radius 1 is 1.04 bits per heavy atom. The van der Waals surface area contributed by atoms with Gasteiger partial charge in [0.05, 0.1) is 13.2 Å². The Balaban J connectivity index is 0.00000364. The molecule has 0 bridgehead atoms. The van der Waals surface area contributed by atoms with Gasteiger partial charge in [0, 0.05) is 12.4 Å². The van der Waals surface area contributed by atoms with Crippen LogP contribution in [0.4, 0.5) is 0 Å². The normalized spacial score (nSPS) is 9.96. The molecule has 2 aromatic carbocycles. The summed E-state index contributed by atoms with van der Waals surface area (Å²) >= 11 is 0. The SMILES string of the molecule is CC(=O)c1c(O)cccc1OCCCOc1ccc(CCC(=O)[O-])cc1.[Na+]. The molecule has 2 rings (SSSR count). The number of hydrogen-bond acceptors (Lipinski definition) is 6. The van der Waals surface area contributed by atoms with Gasteiger partial charge in [-0.05, 0) is 49.6 Å². The van der Waals surface area contributed by atoms with Crippen molar-refractivity contribution in [1.29, 1.82) is 0 Å². The molecule has 0 spiro atoms. The van der Waals surface area contributed by atoms with Gasteiger partial charge in [0.1, 0.15) is 22.8 Å². The number of phenols is 1. The second-order valence-electron chi connectivity index (χ2n) is 5.77. The fraction of sp³-hybridized carbons (Fsp3) is 0.300. The molecule has 0 fully saturated rings. The van der Waals surface area contributed by atoms with E-state index in [1.807, 2.05) is 12.1 Å². The molecule has 0 amide bonds. The average molecular weight is 380 g/mol. The molecular weight excluding hydrogens is 359 g/mol. The first kappa shape index (κ1) is 23.0. The summed E-state index contributed by atoms with van der Waals surface area (Å²) < 4.78 is 11.2. The van der Waals surface area contributed by atoms with Gasteiger partial charge in [0.15, 0.2) is 5.78 Å². The molecule has 0 radical (unpaired) electrons. The van der Waals surface area contributed by atoms with E-state index in [0.717, 1.165) is 5.56 Å². The van der Waals surface area contributed by atoms with E-state index >= 15 is 0 Å². The number of carbonyl (C=O) groups is 2. The maximum absolute atomic E-state index is 11.6. The first-order valence-electron chi connectivity index (χ1n) is 8.34. The molecule has 0 aliphatic rings. The monoisotopic (exact) mass is 380 g/mol. The molecule has 1 N–H and O–H groups in total. The molecule has 2 aromatic rings. The Morgan fingerprint density at radius 3 is 2.33 bits per heavy atom. The van der Waals surface area contributed by atoms with Crippen LogP contribution in [0.25, 0.3) is 0 Å². The maximum Gasteiger partial charge on any atom is 1.00 e. The van der Waals surface area contributed by atoms with Crippen LogP contribution in [-0.4, -0.2) is 30.1 Å². The minimum absolute atomic E-state index is 0. The number of ketones is 1. The topological polar surface area (TPSA) is 95.9 Å². The molecule has 0 saturated carbocycles. The van der Waals surface area contributed by atoms with Gasteiger partial charge in [-0.15, -0.1) is 0 Å². The van der Waals surface area contributed by atoms with E-state index in [1.165, 1.54) is 13.0 Å². The molecule has 0 unspecified atom stereocenters. The molecule has 138 valence electrons. The third kappa shape index (κ3) is 7.62. The summed E-state index contributed by atoms with van der Waals surface area (Å²) in [6.45, 7) is 2.14. The van der Waals surface area contributed by atoms with Gasteiger partial charge in [0.25, 0.3) is 0 Å². The number of aryl methyl sites for hydroxylation is 1. The Morgan fingerprint density at radius 2 is 1.70 bits per heavy atom. The smallest absolute Gasteiger partial charge is 0.550 e. The van der Waals surface area contributed by atoms with E-state index in [-0.39, 0.29) is 53.1 Å². The van der Waals surface area contributed by atoms with Crippen molar-refractivity contribution >= 4 is 11.8 Å². The molecule has 0 aliphatic carbocycles. The summed E-state index contributed by atoms with van der Waals surface area (Å²) in [5.41, 5.74) is 1.09. The number of phenolic OH excluding ortho intramolecular Hbond substituents is 1. The van der Waals surface area contributed by atoms with Crippen LogP contribution in [0, 0.1) is 0 Å². The maximum atomic E-state index is 11.6. The predicted octanol–water partition coefficient (Wildman–Crippen LogP) is -0.871. The van der Waals surface area contributed by atoms with Crippen molar-refractivity contribution in [3.8, 4) is 17.2 Å². The molecule has 6 nitrogen and oxygen atoms in total. The van der Waals surface area contributed by atoms with E-state index in [0.29, 0.717) is 37.6 Å². The summed E-state index contributed by atoms with van der Waals surface area (Å²) in [7, 11) is 0. The first-order chi connectivity index (χ1) is 12.5. The third-order valence-electron chi connectivity index (χ3n) is 3.71. The quantitative estimate of drug-likeness (QED) is 0.327. The standard InChI is InChI=1S/C20H22O6.Na/c1-14(21)20-17(22)4-2-5-18(20)26-13-3-12-25-16-9-6-15(7-10-16)8-11-19(23)24;/h2,4-7,9-10,22H,3,8,11-13H2,1H3,(H,23,24);/q;+1/p-1. The van der Waals surface area contributed by atoms with Gasteiger partial charge in [-0.25, -0.2) is 0 Å². The molecule has 0 heterocycles. The number of hydrogen-bond donors (Lipinski definition) is 1. The van der Waals surface area contributed by atoms with Gasteiger partial charge >= 0.3 is 29.6 Å². The van der Waals surface area contributed by atoms with Crippen LogP contribution in [0.1, 0.15) is 35.7 Å². The van der Waals surface area contributed by atoms with Crippen LogP contribution < -0.4 is 44.1 Å². The van der Waals surface area contributed by atoms with Crippen LogP contribution in [0.15, 0.2) is 42.5 Å². The van der Waals surface area contributed by atoms with Crippen molar-refractivity contribution in [2.75, 3.05) is 13.2 Å². The zero-order chi connectivity index (χ0) is 18.9. The van der Waals surface area contributed by atoms with Crippen molar-refractivity contribution in [3.63, 3.8) is 0 Å². The van der Waals surface area contributed by atoms with Gasteiger partial charge in [0.2, 0.25) is 0 Å². The number of benzene rings is 2. The predicted molar refractivity (Wildman–Crippen MR) is 93.5 cm³/mol. The minimum atomic E-state index is -1.06. The van der Waals surface area contributed by atoms with Crippen LogP contribution >= 0.6 is 0 Å². The number of ether oxygens (including phenoxy) is 2. The number of rotatable bonds is 10. The Labute approximate surface area is 180 Å². The van der Waals surface area contributed by atoms with Gasteiger partial charge in [-0.1, -0.05) is 18.2 Å². The van der Waals surface area contributed by atoms with E-state index in [9.17, 15) is 19.8 Å². The molecule has 0 saturated heterocycles. The average Bonchev–Trinajstić information content (AvgIpc) is 2.60. The Bertz CT molecular complexity index is 758. The van der Waals surface area contributed by atoms with Crippen LogP contribution in [0.5, 0.6) is 17.2 Å². The van der Waals surface area contributed by atoms with Crippen molar-refractivity contribution in [3.05, 3.63) is 53.6 Å². The van der Waals surface area contributed by atoms with Crippen molar-refractivity contribution in [1.82, 2.24) is 0 Å². The molecule has 0 atom stereocenters. The number of carbonyl (C=O) groups excluding carboxylic acids is 2. The van der Waals surface area contributed by atoms with Crippen LogP contribution in [0.2, 0.25) is 0 Å². The van der Waals surface area contributed by atoms with E-state index in [1.54, 1.807) is 24.3 Å². The van der Waals surface area contributed by atoms with Gasteiger partial charge in [-0.2, -0.15) is 0 Å². The van der Waals surface area contributed by atoms with E-state index in [4.69, 9.17) is 9.47 Å². The van der Waals surface area contributed by atoms with Crippen molar-refractivity contribution < 1.29 is 58.8 Å². The molecule has 27 heavy (non-hydrogen) atoms. The second-order valence-corrected chi connectivity index (χ2v) is 5.77. The molecule has 0 aliphatic heterocycles. The number of aliphatic carboxylic acids is 1. The fourth-order valence-electron chi connectivity index (χ4n) is 2.42. The third-order valence-corrected chi connectivity index (χ3v) is 3.71. The summed E-state index contributed by atoms with van der Waals surface area (Å²) in [6.07, 6.45) is 1.02. The molecular formula is C20H21NaO6. The Hall–Kier alpha value is -2.02. The number of carboxylic acid groups (broad SMARTS) is 1. The number of aromatic hydroxyl groups is 1. The number of carboxylic acids is 1. The molecule has 0 aromatic heterocycles. The van der Waals surface area contributed by atoms with Gasteiger partial charge < -0.3 is 24.5 Å². The Kier molecular flexibility index (Phi) is 9.93. The van der Waals surface area contributed by atoms with E-state index < -0.39 is 5.97 Å². The summed E-state index contributed by atoms with van der Waals surface area (Å²) in [5, 5.41) is 20.2. The summed E-state index contributed by atoms with van der Waals surface area (Å²) in [4.78, 5) is 22.0. The summed E-state index contributed by atoms with van der Waals surface area (Å²) in [6, 6.07) is 11.9. The zero-order valence-corrected chi connectivity index (χ0v) is 17.6. The minimum Gasteiger partial charge on any atom is -0.550 e. The van der Waals surface area contributed by atoms with E-state index in [2.05, 4.69) is 0 Å². The molecule has 7 heteroatoms. The van der Waals surface area contributed by atoms with Gasteiger partial charge in [-0.3, -0.25) is 4.79 Å². The van der Waals surface area contributed by atoms with Crippen LogP contribution in [-0.2, 0) is 11.2 Å².